The van der Waals surface area contributed by atoms with Crippen LogP contribution in [0.4, 0.5) is 5.69 Å². The molecule has 3 saturated heterocycles. The predicted molar refractivity (Wildman–Crippen MR) is 99.2 cm³/mol. The van der Waals surface area contributed by atoms with Gasteiger partial charge in [-0.25, -0.2) is 0 Å². The highest BCUT2D eigenvalue weighted by Gasteiger charge is 2.29. The summed E-state index contributed by atoms with van der Waals surface area (Å²) in [6.45, 7) is 7.08. The summed E-state index contributed by atoms with van der Waals surface area (Å²) in [5.41, 5.74) is 3.08. The molecule has 4 rings (SSSR count). The second kappa shape index (κ2) is 7.83. The highest BCUT2D eigenvalue weighted by atomic mass is 16.2. The third-order valence-corrected chi connectivity index (χ3v) is 5.21. The molecule has 25 heavy (non-hydrogen) atoms. The summed E-state index contributed by atoms with van der Waals surface area (Å²) in [6, 6.07) is 7.56. The van der Waals surface area contributed by atoms with Gasteiger partial charge >= 0.3 is 0 Å². The Kier molecular flexibility index (Phi) is 5.53. The van der Waals surface area contributed by atoms with Crippen molar-refractivity contribution in [3.05, 3.63) is 41.5 Å². The number of nitrogens with zero attached hydrogens (tertiary/aromatic N) is 1. The Morgan fingerprint density at radius 2 is 1.92 bits per heavy atom. The molecular weight excluding hydrogens is 314 g/mol. The standard InChI is InChI=1S/C20H27N3O2/c1-3-19(24)22-18-6-4-15(5-7-18)14(2)21-20(25)12-17-13-23-10-8-16(17)9-11-23/h4-7,12,14,16H,3,8-11,13H2,1-2H3,(H,21,25)(H,22,24)/b17-12-. The topological polar surface area (TPSA) is 61.4 Å². The molecule has 2 amide bonds. The van der Waals surface area contributed by atoms with Crippen molar-refractivity contribution in [1.29, 1.82) is 0 Å². The van der Waals surface area contributed by atoms with Gasteiger partial charge in [-0.15, -0.1) is 0 Å². The van der Waals surface area contributed by atoms with E-state index in [-0.39, 0.29) is 17.9 Å². The van der Waals surface area contributed by atoms with Crippen molar-refractivity contribution < 1.29 is 9.59 Å². The minimum atomic E-state index is -0.0682. The van der Waals surface area contributed by atoms with Crippen LogP contribution in [0.5, 0.6) is 0 Å². The number of hydrogen-bond donors (Lipinski definition) is 2. The van der Waals surface area contributed by atoms with Gasteiger partial charge in [0.1, 0.15) is 0 Å². The zero-order valence-electron chi connectivity index (χ0n) is 15.0. The van der Waals surface area contributed by atoms with Gasteiger partial charge in [-0.2, -0.15) is 0 Å². The molecule has 3 aliphatic heterocycles. The Bertz CT molecular complexity index is 658. The fourth-order valence-electron chi connectivity index (χ4n) is 3.62. The molecule has 3 aliphatic rings. The van der Waals surface area contributed by atoms with Crippen LogP contribution in [0.3, 0.4) is 0 Å². The first-order chi connectivity index (χ1) is 12.0. The number of carbonyl (C=O) groups excluding carboxylic acids is 2. The van der Waals surface area contributed by atoms with E-state index in [0.717, 1.165) is 17.8 Å². The summed E-state index contributed by atoms with van der Waals surface area (Å²) in [6.07, 6.45) is 4.63. The molecular formula is C20H27N3O2. The normalized spacial score (nSPS) is 24.8. The molecule has 1 atom stereocenters. The van der Waals surface area contributed by atoms with E-state index in [1.54, 1.807) is 0 Å². The van der Waals surface area contributed by atoms with Crippen molar-refractivity contribution in [2.45, 2.75) is 39.2 Å². The van der Waals surface area contributed by atoms with Crippen LogP contribution < -0.4 is 10.6 Å². The lowest BCUT2D eigenvalue weighted by Crippen LogP contribution is -2.43. The van der Waals surface area contributed by atoms with E-state index >= 15 is 0 Å². The molecule has 3 heterocycles. The number of nitrogens with one attached hydrogen (secondary N) is 2. The van der Waals surface area contributed by atoms with Crippen LogP contribution in [0.15, 0.2) is 35.9 Å². The van der Waals surface area contributed by atoms with Gasteiger partial charge in [0, 0.05) is 24.7 Å². The summed E-state index contributed by atoms with van der Waals surface area (Å²) in [5, 5.41) is 5.88. The second-order valence-electron chi connectivity index (χ2n) is 7.02. The van der Waals surface area contributed by atoms with Crippen LogP contribution in [0.25, 0.3) is 0 Å². The minimum Gasteiger partial charge on any atom is -0.346 e. The fourth-order valence-corrected chi connectivity index (χ4v) is 3.62. The van der Waals surface area contributed by atoms with E-state index in [0.29, 0.717) is 12.3 Å². The first-order valence-electron chi connectivity index (χ1n) is 9.18. The van der Waals surface area contributed by atoms with Crippen LogP contribution >= 0.6 is 0 Å². The summed E-state index contributed by atoms with van der Waals surface area (Å²) in [7, 11) is 0. The van der Waals surface area contributed by atoms with E-state index in [2.05, 4.69) is 15.5 Å². The van der Waals surface area contributed by atoms with Gasteiger partial charge in [-0.05, 0) is 62.0 Å². The molecule has 0 spiro atoms. The molecule has 0 aromatic heterocycles. The Morgan fingerprint density at radius 1 is 1.24 bits per heavy atom. The number of rotatable bonds is 5. The van der Waals surface area contributed by atoms with Crippen molar-refractivity contribution in [1.82, 2.24) is 10.2 Å². The van der Waals surface area contributed by atoms with E-state index in [1.807, 2.05) is 44.2 Å². The molecule has 2 N–H and O–H groups in total. The highest BCUT2D eigenvalue weighted by molar-refractivity contribution is 5.90. The maximum absolute atomic E-state index is 12.4. The van der Waals surface area contributed by atoms with Gasteiger partial charge in [-0.3, -0.25) is 14.5 Å². The molecule has 1 unspecified atom stereocenters. The van der Waals surface area contributed by atoms with Gasteiger partial charge in [0.05, 0.1) is 6.04 Å². The average molecular weight is 341 g/mol. The monoisotopic (exact) mass is 341 g/mol. The van der Waals surface area contributed by atoms with Crippen LogP contribution in [-0.4, -0.2) is 36.3 Å². The number of carbonyl (C=O) groups is 2. The predicted octanol–water partition coefficient (Wildman–Crippen LogP) is 2.86. The third-order valence-electron chi connectivity index (χ3n) is 5.21. The van der Waals surface area contributed by atoms with Crippen molar-refractivity contribution in [3.8, 4) is 0 Å². The smallest absolute Gasteiger partial charge is 0.244 e. The number of benzene rings is 1. The SMILES string of the molecule is CCC(=O)Nc1ccc(C(C)NC(=O)/C=C2/CN3CCC2CC3)cc1. The molecule has 0 radical (unpaired) electrons. The Labute approximate surface area is 149 Å². The Morgan fingerprint density at radius 3 is 2.48 bits per heavy atom. The molecule has 134 valence electrons. The number of anilines is 1. The van der Waals surface area contributed by atoms with E-state index in [1.165, 1.54) is 31.5 Å². The molecule has 0 saturated carbocycles. The number of fused-ring (bicyclic) bond motifs is 3. The second-order valence-corrected chi connectivity index (χ2v) is 7.02. The van der Waals surface area contributed by atoms with Crippen LogP contribution in [0, 0.1) is 5.92 Å². The average Bonchev–Trinajstić information content (AvgIpc) is 2.63. The van der Waals surface area contributed by atoms with Gasteiger partial charge < -0.3 is 10.6 Å². The number of amides is 2. The fraction of sp³-hybridized carbons (Fsp3) is 0.500. The van der Waals surface area contributed by atoms with Crippen molar-refractivity contribution in [3.63, 3.8) is 0 Å². The quantitative estimate of drug-likeness (QED) is 0.810. The molecule has 5 heteroatoms. The number of hydrogen-bond acceptors (Lipinski definition) is 3. The molecule has 0 aliphatic carbocycles. The molecule has 2 bridgehead atoms. The lowest BCUT2D eigenvalue weighted by atomic mass is 9.83. The molecule has 5 nitrogen and oxygen atoms in total. The Hall–Kier alpha value is -2.14. The van der Waals surface area contributed by atoms with Crippen LogP contribution in [0.2, 0.25) is 0 Å². The summed E-state index contributed by atoms with van der Waals surface area (Å²) < 4.78 is 0. The third kappa shape index (κ3) is 4.48. The highest BCUT2D eigenvalue weighted by Crippen LogP contribution is 2.31. The van der Waals surface area contributed by atoms with Crippen molar-refractivity contribution >= 4 is 17.5 Å². The zero-order chi connectivity index (χ0) is 17.8. The molecule has 3 fully saturated rings. The van der Waals surface area contributed by atoms with Gasteiger partial charge in [-0.1, -0.05) is 19.1 Å². The first-order valence-corrected chi connectivity index (χ1v) is 9.18. The van der Waals surface area contributed by atoms with Gasteiger partial charge in [0.25, 0.3) is 0 Å². The lowest BCUT2D eigenvalue weighted by molar-refractivity contribution is -0.117. The first kappa shape index (κ1) is 17.7. The number of piperidine rings is 3. The van der Waals surface area contributed by atoms with E-state index in [4.69, 9.17) is 0 Å². The summed E-state index contributed by atoms with van der Waals surface area (Å²) >= 11 is 0. The largest absolute Gasteiger partial charge is 0.346 e. The minimum absolute atomic E-state index is 0.00162. The van der Waals surface area contributed by atoms with Crippen LogP contribution in [-0.2, 0) is 9.59 Å². The zero-order valence-corrected chi connectivity index (χ0v) is 15.0. The molecule has 1 aromatic rings. The van der Waals surface area contributed by atoms with Gasteiger partial charge in [0.15, 0.2) is 0 Å². The Balaban J connectivity index is 1.57. The van der Waals surface area contributed by atoms with Crippen molar-refractivity contribution in [2.24, 2.45) is 5.92 Å². The lowest BCUT2D eigenvalue weighted by Gasteiger charge is -2.41. The summed E-state index contributed by atoms with van der Waals surface area (Å²) in [5.74, 6) is 0.574. The van der Waals surface area contributed by atoms with E-state index < -0.39 is 0 Å². The van der Waals surface area contributed by atoms with Gasteiger partial charge in [0.2, 0.25) is 11.8 Å². The maximum Gasteiger partial charge on any atom is 0.244 e. The summed E-state index contributed by atoms with van der Waals surface area (Å²) in [4.78, 5) is 26.2. The van der Waals surface area contributed by atoms with Crippen LogP contribution in [0.1, 0.15) is 44.7 Å². The molecule has 1 aromatic carbocycles. The maximum atomic E-state index is 12.4. The van der Waals surface area contributed by atoms with Crippen molar-refractivity contribution in [2.75, 3.05) is 25.0 Å². The van der Waals surface area contributed by atoms with E-state index in [9.17, 15) is 9.59 Å².